The van der Waals surface area contributed by atoms with Crippen LogP contribution in [0, 0.1) is 11.3 Å². The van der Waals surface area contributed by atoms with Gasteiger partial charge in [-0.2, -0.15) is 5.26 Å². The zero-order valence-electron chi connectivity index (χ0n) is 6.59. The van der Waals surface area contributed by atoms with Gasteiger partial charge in [-0.1, -0.05) is 23.2 Å². The van der Waals surface area contributed by atoms with E-state index >= 15 is 0 Å². The predicted molar refractivity (Wildman–Crippen MR) is 55.5 cm³/mol. The highest BCUT2D eigenvalue weighted by Gasteiger charge is 2.02. The molecule has 0 fully saturated rings. The van der Waals surface area contributed by atoms with Crippen LogP contribution in [0.15, 0.2) is 18.2 Å². The number of halogens is 2. The fourth-order valence-electron chi connectivity index (χ4n) is 0.834. The third-order valence-corrected chi connectivity index (χ3v) is 2.08. The Labute approximate surface area is 86.2 Å². The average molecular weight is 213 g/mol. The molecule has 0 amide bonds. The van der Waals surface area contributed by atoms with Crippen molar-refractivity contribution in [2.75, 3.05) is 5.73 Å². The van der Waals surface area contributed by atoms with E-state index in [2.05, 4.69) is 0 Å². The van der Waals surface area contributed by atoms with E-state index in [9.17, 15) is 0 Å². The molecule has 66 valence electrons. The average Bonchev–Trinajstić information content (AvgIpc) is 2.10. The standard InChI is InChI=1S/C9H6Cl2N2/c10-7-4-6(2-1-3-12)5-8(11)9(7)13/h1-2,4-5H,13H2/b2-1+. The molecule has 0 aromatic heterocycles. The van der Waals surface area contributed by atoms with Crippen LogP contribution in [-0.2, 0) is 0 Å². The van der Waals surface area contributed by atoms with Gasteiger partial charge in [-0.25, -0.2) is 0 Å². The summed E-state index contributed by atoms with van der Waals surface area (Å²) in [5.74, 6) is 0. The summed E-state index contributed by atoms with van der Waals surface area (Å²) in [6.07, 6.45) is 2.95. The number of hydrogen-bond acceptors (Lipinski definition) is 2. The third kappa shape index (κ3) is 2.38. The Hall–Kier alpha value is -1.17. The highest BCUT2D eigenvalue weighted by molar-refractivity contribution is 6.39. The molecule has 1 aromatic rings. The van der Waals surface area contributed by atoms with E-state index in [0.29, 0.717) is 15.7 Å². The van der Waals surface area contributed by atoms with Crippen molar-refractivity contribution in [2.24, 2.45) is 0 Å². The number of nitrogen functional groups attached to an aromatic ring is 1. The number of benzene rings is 1. The Balaban J connectivity index is 3.15. The Morgan fingerprint density at radius 3 is 2.31 bits per heavy atom. The number of hydrogen-bond donors (Lipinski definition) is 1. The third-order valence-electron chi connectivity index (χ3n) is 1.45. The molecule has 0 heterocycles. The Kier molecular flexibility index (Phi) is 3.18. The summed E-state index contributed by atoms with van der Waals surface area (Å²) < 4.78 is 0. The summed E-state index contributed by atoms with van der Waals surface area (Å²) in [4.78, 5) is 0. The monoisotopic (exact) mass is 212 g/mol. The molecular formula is C9H6Cl2N2. The van der Waals surface area contributed by atoms with Crippen LogP contribution in [0.2, 0.25) is 10.0 Å². The molecule has 0 spiro atoms. The summed E-state index contributed by atoms with van der Waals surface area (Å²) in [7, 11) is 0. The highest BCUT2D eigenvalue weighted by Crippen LogP contribution is 2.29. The number of allylic oxidation sites excluding steroid dienone is 1. The molecule has 13 heavy (non-hydrogen) atoms. The second-order valence-corrected chi connectivity index (χ2v) is 3.18. The van der Waals surface area contributed by atoms with Crippen LogP contribution >= 0.6 is 23.2 Å². The molecule has 1 aromatic carbocycles. The van der Waals surface area contributed by atoms with Gasteiger partial charge in [0.05, 0.1) is 21.8 Å². The van der Waals surface area contributed by atoms with Crippen LogP contribution in [0.5, 0.6) is 0 Å². The summed E-state index contributed by atoms with van der Waals surface area (Å²) in [6.45, 7) is 0. The summed E-state index contributed by atoms with van der Waals surface area (Å²) in [6, 6.07) is 5.17. The van der Waals surface area contributed by atoms with Crippen LogP contribution in [0.4, 0.5) is 5.69 Å². The number of nitriles is 1. The van der Waals surface area contributed by atoms with Gasteiger partial charge in [-0.05, 0) is 23.8 Å². The fourth-order valence-corrected chi connectivity index (χ4v) is 1.34. The van der Waals surface area contributed by atoms with Crippen LogP contribution in [-0.4, -0.2) is 0 Å². The zero-order valence-corrected chi connectivity index (χ0v) is 8.10. The first-order chi connectivity index (χ1) is 6.15. The Bertz CT molecular complexity index is 368. The van der Waals surface area contributed by atoms with Gasteiger partial charge in [-0.15, -0.1) is 0 Å². The molecule has 0 unspecified atom stereocenters. The van der Waals surface area contributed by atoms with E-state index in [1.54, 1.807) is 18.2 Å². The first-order valence-corrected chi connectivity index (χ1v) is 4.21. The maximum atomic E-state index is 8.29. The SMILES string of the molecule is N#C/C=C/c1cc(Cl)c(N)c(Cl)c1. The van der Waals surface area contributed by atoms with Gasteiger partial charge >= 0.3 is 0 Å². The first-order valence-electron chi connectivity index (χ1n) is 3.46. The van der Waals surface area contributed by atoms with Crippen LogP contribution in [0.1, 0.15) is 5.56 Å². The van der Waals surface area contributed by atoms with E-state index in [0.717, 1.165) is 5.56 Å². The van der Waals surface area contributed by atoms with Gasteiger partial charge in [0.2, 0.25) is 0 Å². The molecule has 0 aliphatic rings. The molecule has 0 saturated carbocycles. The van der Waals surface area contributed by atoms with Crippen molar-refractivity contribution >= 4 is 35.0 Å². The predicted octanol–water partition coefficient (Wildman–Crippen LogP) is 3.11. The van der Waals surface area contributed by atoms with Gasteiger partial charge in [0.25, 0.3) is 0 Å². The van der Waals surface area contributed by atoms with E-state index in [1.165, 1.54) is 6.08 Å². The van der Waals surface area contributed by atoms with Crippen molar-refractivity contribution in [2.45, 2.75) is 0 Å². The van der Waals surface area contributed by atoms with Crippen molar-refractivity contribution in [3.05, 3.63) is 33.8 Å². The molecule has 0 bridgehead atoms. The molecule has 0 atom stereocenters. The van der Waals surface area contributed by atoms with E-state index in [4.69, 9.17) is 34.2 Å². The molecule has 0 radical (unpaired) electrons. The molecule has 0 aliphatic heterocycles. The fraction of sp³-hybridized carbons (Fsp3) is 0. The number of rotatable bonds is 1. The van der Waals surface area contributed by atoms with Crippen molar-refractivity contribution < 1.29 is 0 Å². The number of anilines is 1. The Morgan fingerprint density at radius 1 is 1.31 bits per heavy atom. The summed E-state index contributed by atoms with van der Waals surface area (Å²) >= 11 is 11.5. The van der Waals surface area contributed by atoms with Crippen molar-refractivity contribution in [1.29, 1.82) is 5.26 Å². The minimum Gasteiger partial charge on any atom is -0.396 e. The lowest BCUT2D eigenvalue weighted by Gasteiger charge is -2.01. The maximum absolute atomic E-state index is 8.29. The lowest BCUT2D eigenvalue weighted by Crippen LogP contribution is -1.88. The van der Waals surface area contributed by atoms with Gasteiger partial charge in [-0.3, -0.25) is 0 Å². The van der Waals surface area contributed by atoms with Gasteiger partial charge in [0.1, 0.15) is 0 Å². The molecule has 0 aliphatic carbocycles. The number of nitrogens with two attached hydrogens (primary N) is 1. The molecule has 2 nitrogen and oxygen atoms in total. The quantitative estimate of drug-likeness (QED) is 0.575. The zero-order chi connectivity index (χ0) is 9.84. The van der Waals surface area contributed by atoms with Crippen LogP contribution in [0.3, 0.4) is 0 Å². The second kappa shape index (κ2) is 4.18. The maximum Gasteiger partial charge on any atom is 0.0912 e. The second-order valence-electron chi connectivity index (χ2n) is 2.36. The van der Waals surface area contributed by atoms with Crippen molar-refractivity contribution in [3.63, 3.8) is 0 Å². The normalized spacial score (nSPS) is 10.2. The topological polar surface area (TPSA) is 49.8 Å². The largest absolute Gasteiger partial charge is 0.396 e. The lowest BCUT2D eigenvalue weighted by molar-refractivity contribution is 1.54. The van der Waals surface area contributed by atoms with Crippen LogP contribution < -0.4 is 5.73 Å². The van der Waals surface area contributed by atoms with Crippen molar-refractivity contribution in [1.82, 2.24) is 0 Å². The molecule has 1 rings (SSSR count). The minimum absolute atomic E-state index is 0.359. The first kappa shape index (κ1) is 9.91. The van der Waals surface area contributed by atoms with Gasteiger partial charge in [0.15, 0.2) is 0 Å². The summed E-state index contributed by atoms with van der Waals surface area (Å²) in [5, 5.41) is 9.08. The molecule has 0 saturated heterocycles. The van der Waals surface area contributed by atoms with Gasteiger partial charge in [0, 0.05) is 6.08 Å². The summed E-state index contributed by atoms with van der Waals surface area (Å²) in [5.41, 5.74) is 6.64. The lowest BCUT2D eigenvalue weighted by atomic mass is 10.2. The van der Waals surface area contributed by atoms with Crippen LogP contribution in [0.25, 0.3) is 6.08 Å². The van der Waals surface area contributed by atoms with Gasteiger partial charge < -0.3 is 5.73 Å². The van der Waals surface area contributed by atoms with E-state index in [-0.39, 0.29) is 0 Å². The smallest absolute Gasteiger partial charge is 0.0912 e. The molecular weight excluding hydrogens is 207 g/mol. The molecule has 2 N–H and O–H groups in total. The van der Waals surface area contributed by atoms with E-state index < -0.39 is 0 Å². The van der Waals surface area contributed by atoms with Crippen molar-refractivity contribution in [3.8, 4) is 6.07 Å². The minimum atomic E-state index is 0.359. The van der Waals surface area contributed by atoms with E-state index in [1.807, 2.05) is 6.07 Å². The molecule has 4 heteroatoms. The Morgan fingerprint density at radius 2 is 1.85 bits per heavy atom. The number of nitrogens with zero attached hydrogens (tertiary/aromatic N) is 1. The highest BCUT2D eigenvalue weighted by atomic mass is 35.5.